The lowest BCUT2D eigenvalue weighted by atomic mass is 10.2. The Bertz CT molecular complexity index is 338. The van der Waals surface area contributed by atoms with Gasteiger partial charge in [0.1, 0.15) is 11.9 Å². The van der Waals surface area contributed by atoms with Crippen LogP contribution in [0.5, 0.6) is 5.75 Å². The number of hydrogen-bond donors (Lipinski definition) is 3. The number of hydrogen-bond acceptors (Lipinski definition) is 4. The number of aliphatic hydroxyl groups is 1. The van der Waals surface area contributed by atoms with Gasteiger partial charge in [-0.15, -0.1) is 0 Å². The molecule has 5 heteroatoms. The maximum Gasteiger partial charge on any atom is 0.247 e. The van der Waals surface area contributed by atoms with Gasteiger partial charge in [0.2, 0.25) is 5.91 Å². The zero-order valence-electron chi connectivity index (χ0n) is 9.14. The Morgan fingerprint density at radius 3 is 2.62 bits per heavy atom. The number of primary amides is 1. The van der Waals surface area contributed by atoms with Gasteiger partial charge in [0.15, 0.2) is 0 Å². The Morgan fingerprint density at radius 1 is 1.50 bits per heavy atom. The van der Waals surface area contributed by atoms with Crippen LogP contribution in [0.3, 0.4) is 0 Å². The first-order chi connectivity index (χ1) is 7.63. The maximum atomic E-state index is 10.5. The quantitative estimate of drug-likeness (QED) is 0.615. The number of nitrogens with two attached hydrogens (primary N) is 1. The van der Waals surface area contributed by atoms with Gasteiger partial charge in [-0.05, 0) is 17.7 Å². The molecule has 0 spiro atoms. The summed E-state index contributed by atoms with van der Waals surface area (Å²) in [5.41, 5.74) is 5.95. The second kappa shape index (κ2) is 6.09. The number of benzene rings is 1. The molecule has 5 nitrogen and oxygen atoms in total. The lowest BCUT2D eigenvalue weighted by molar-refractivity contribution is -0.125. The van der Waals surface area contributed by atoms with Crippen LogP contribution in [0.25, 0.3) is 0 Å². The summed E-state index contributed by atoms with van der Waals surface area (Å²) >= 11 is 0. The lowest BCUT2D eigenvalue weighted by Crippen LogP contribution is -2.37. The van der Waals surface area contributed by atoms with Crippen LogP contribution < -0.4 is 15.8 Å². The highest BCUT2D eigenvalue weighted by molar-refractivity contribution is 5.78. The van der Waals surface area contributed by atoms with Gasteiger partial charge in [-0.3, -0.25) is 4.79 Å². The van der Waals surface area contributed by atoms with E-state index in [4.69, 9.17) is 15.6 Å². The number of carbonyl (C=O) groups is 1. The fraction of sp³-hybridized carbons (Fsp3) is 0.364. The zero-order valence-corrected chi connectivity index (χ0v) is 9.14. The van der Waals surface area contributed by atoms with Gasteiger partial charge in [-0.1, -0.05) is 12.1 Å². The summed E-state index contributed by atoms with van der Waals surface area (Å²) < 4.78 is 5.02. The molecule has 0 bridgehead atoms. The third-order valence-electron chi connectivity index (χ3n) is 2.15. The second-order valence-electron chi connectivity index (χ2n) is 3.40. The van der Waals surface area contributed by atoms with Gasteiger partial charge in [-0.25, -0.2) is 0 Å². The van der Waals surface area contributed by atoms with E-state index >= 15 is 0 Å². The van der Waals surface area contributed by atoms with Crippen LogP contribution in [0.4, 0.5) is 0 Å². The molecule has 0 aliphatic heterocycles. The molecule has 1 atom stereocenters. The normalized spacial score (nSPS) is 12.1. The Labute approximate surface area is 94.2 Å². The summed E-state index contributed by atoms with van der Waals surface area (Å²) in [6.07, 6.45) is -1.14. The summed E-state index contributed by atoms with van der Waals surface area (Å²) in [4.78, 5) is 10.5. The van der Waals surface area contributed by atoms with Gasteiger partial charge >= 0.3 is 0 Å². The molecular weight excluding hydrogens is 208 g/mol. The first-order valence-corrected chi connectivity index (χ1v) is 4.94. The number of carbonyl (C=O) groups excluding carboxylic acids is 1. The molecule has 0 aromatic heterocycles. The molecule has 0 saturated carbocycles. The van der Waals surface area contributed by atoms with E-state index in [1.54, 1.807) is 7.11 Å². The van der Waals surface area contributed by atoms with Gasteiger partial charge in [0.25, 0.3) is 0 Å². The molecule has 0 fully saturated rings. The van der Waals surface area contributed by atoms with E-state index in [2.05, 4.69) is 5.32 Å². The summed E-state index contributed by atoms with van der Waals surface area (Å²) in [6, 6.07) is 7.51. The minimum absolute atomic E-state index is 0.154. The summed E-state index contributed by atoms with van der Waals surface area (Å²) in [5, 5.41) is 12.1. The molecule has 1 unspecified atom stereocenters. The largest absolute Gasteiger partial charge is 0.497 e. The maximum absolute atomic E-state index is 10.5. The molecule has 1 aromatic rings. The molecule has 1 amide bonds. The number of aliphatic hydroxyl groups excluding tert-OH is 1. The molecule has 0 radical (unpaired) electrons. The fourth-order valence-corrected chi connectivity index (χ4v) is 1.20. The Kier molecular flexibility index (Phi) is 4.75. The highest BCUT2D eigenvalue weighted by Gasteiger charge is 2.09. The van der Waals surface area contributed by atoms with E-state index in [-0.39, 0.29) is 6.54 Å². The molecule has 0 aliphatic rings. The van der Waals surface area contributed by atoms with Crippen molar-refractivity contribution in [3.8, 4) is 5.75 Å². The Balaban J connectivity index is 2.34. The highest BCUT2D eigenvalue weighted by Crippen LogP contribution is 2.10. The number of methoxy groups -OCH3 is 1. The first-order valence-electron chi connectivity index (χ1n) is 4.94. The molecule has 0 saturated heterocycles. The lowest BCUT2D eigenvalue weighted by Gasteiger charge is -2.08. The minimum Gasteiger partial charge on any atom is -0.497 e. The molecule has 1 aromatic carbocycles. The van der Waals surface area contributed by atoms with Crippen LogP contribution in [-0.2, 0) is 11.3 Å². The number of nitrogens with one attached hydrogen (secondary N) is 1. The third kappa shape index (κ3) is 3.88. The van der Waals surface area contributed by atoms with E-state index in [0.717, 1.165) is 11.3 Å². The molecule has 0 aliphatic carbocycles. The molecule has 16 heavy (non-hydrogen) atoms. The van der Waals surface area contributed by atoms with Crippen LogP contribution in [0, 0.1) is 0 Å². The standard InChI is InChI=1S/C11H16N2O3/c1-16-9-4-2-8(3-5-9)6-13-7-10(14)11(12)15/h2-5,10,13-14H,6-7H2,1H3,(H2,12,15). The van der Waals surface area contributed by atoms with Crippen molar-refractivity contribution in [2.45, 2.75) is 12.6 Å². The van der Waals surface area contributed by atoms with E-state index in [1.165, 1.54) is 0 Å². The van der Waals surface area contributed by atoms with Crippen LogP contribution in [0.2, 0.25) is 0 Å². The summed E-state index contributed by atoms with van der Waals surface area (Å²) in [7, 11) is 1.61. The first kappa shape index (κ1) is 12.5. The SMILES string of the molecule is COc1ccc(CNCC(O)C(N)=O)cc1. The smallest absolute Gasteiger partial charge is 0.247 e. The number of amides is 1. The van der Waals surface area contributed by atoms with Crippen LogP contribution in [0.15, 0.2) is 24.3 Å². The average Bonchev–Trinajstić information content (AvgIpc) is 2.29. The van der Waals surface area contributed by atoms with Gasteiger partial charge in [-0.2, -0.15) is 0 Å². The highest BCUT2D eigenvalue weighted by atomic mass is 16.5. The molecular formula is C11H16N2O3. The minimum atomic E-state index is -1.14. The predicted octanol–water partition coefficient (Wildman–Crippen LogP) is -0.369. The van der Waals surface area contributed by atoms with Crippen molar-refractivity contribution in [3.63, 3.8) is 0 Å². The van der Waals surface area contributed by atoms with E-state index in [0.29, 0.717) is 6.54 Å². The van der Waals surface area contributed by atoms with Gasteiger partial charge in [0.05, 0.1) is 7.11 Å². The van der Waals surface area contributed by atoms with Crippen molar-refractivity contribution in [3.05, 3.63) is 29.8 Å². The second-order valence-corrected chi connectivity index (χ2v) is 3.40. The van der Waals surface area contributed by atoms with Crippen molar-refractivity contribution in [1.29, 1.82) is 0 Å². The monoisotopic (exact) mass is 224 g/mol. The van der Waals surface area contributed by atoms with E-state index in [9.17, 15) is 4.79 Å². The Morgan fingerprint density at radius 2 is 2.12 bits per heavy atom. The molecule has 4 N–H and O–H groups in total. The predicted molar refractivity (Wildman–Crippen MR) is 59.9 cm³/mol. The summed E-state index contributed by atoms with van der Waals surface area (Å²) in [5.74, 6) is 0.0724. The number of rotatable bonds is 6. The van der Waals surface area contributed by atoms with Crippen LogP contribution in [0.1, 0.15) is 5.56 Å². The van der Waals surface area contributed by atoms with E-state index < -0.39 is 12.0 Å². The molecule has 0 heterocycles. The molecule has 1 rings (SSSR count). The van der Waals surface area contributed by atoms with Gasteiger partial charge in [0, 0.05) is 13.1 Å². The summed E-state index contributed by atoms with van der Waals surface area (Å²) in [6.45, 7) is 0.718. The van der Waals surface area contributed by atoms with Crippen LogP contribution in [-0.4, -0.2) is 30.8 Å². The van der Waals surface area contributed by atoms with Gasteiger partial charge < -0.3 is 20.9 Å². The third-order valence-corrected chi connectivity index (χ3v) is 2.15. The van der Waals surface area contributed by atoms with Crippen molar-refractivity contribution in [2.24, 2.45) is 5.73 Å². The van der Waals surface area contributed by atoms with Crippen LogP contribution >= 0.6 is 0 Å². The van der Waals surface area contributed by atoms with E-state index in [1.807, 2.05) is 24.3 Å². The Hall–Kier alpha value is -1.59. The van der Waals surface area contributed by atoms with Crippen molar-refractivity contribution in [2.75, 3.05) is 13.7 Å². The van der Waals surface area contributed by atoms with Crippen molar-refractivity contribution >= 4 is 5.91 Å². The van der Waals surface area contributed by atoms with Crippen molar-refractivity contribution < 1.29 is 14.6 Å². The molecule has 88 valence electrons. The average molecular weight is 224 g/mol. The fourth-order valence-electron chi connectivity index (χ4n) is 1.20. The van der Waals surface area contributed by atoms with Crippen molar-refractivity contribution in [1.82, 2.24) is 5.32 Å². The topological polar surface area (TPSA) is 84.6 Å². The number of ether oxygens (including phenoxy) is 1. The zero-order chi connectivity index (χ0) is 12.0.